The standard InChI is InChI=1S/C33H40ClN3O4S/c1-24(2)27-16-18-30(19-17-27)37(42(3,40)41)23-32(38)36(22-26-12-9-13-28(34)20-26)31(21-25-10-5-4-6-11-25)33(39)35-29-14-7-8-15-29/h4-6,9-13,16-20,24,29,31H,7-8,14-15,21-23H2,1-3H3,(H,35,39). The van der Waals surface area contributed by atoms with Gasteiger partial charge in [0.15, 0.2) is 0 Å². The molecule has 3 aromatic carbocycles. The molecule has 1 fully saturated rings. The van der Waals surface area contributed by atoms with Crippen molar-refractivity contribution in [1.82, 2.24) is 10.2 Å². The zero-order chi connectivity index (χ0) is 30.3. The number of benzene rings is 3. The summed E-state index contributed by atoms with van der Waals surface area (Å²) in [5, 5.41) is 3.68. The van der Waals surface area contributed by atoms with Crippen molar-refractivity contribution in [3.63, 3.8) is 0 Å². The lowest BCUT2D eigenvalue weighted by Gasteiger charge is -2.34. The Balaban J connectivity index is 1.71. The third-order valence-electron chi connectivity index (χ3n) is 7.74. The molecule has 1 saturated carbocycles. The highest BCUT2D eigenvalue weighted by Crippen LogP contribution is 2.24. The normalized spacial score (nSPS) is 14.5. The molecule has 1 aliphatic rings. The lowest BCUT2D eigenvalue weighted by Crippen LogP contribution is -2.54. The first-order chi connectivity index (χ1) is 20.0. The van der Waals surface area contributed by atoms with Gasteiger partial charge in [0, 0.05) is 24.0 Å². The Morgan fingerprint density at radius 3 is 2.17 bits per heavy atom. The fraction of sp³-hybridized carbons (Fsp3) is 0.394. The lowest BCUT2D eigenvalue weighted by atomic mass is 10.0. The van der Waals surface area contributed by atoms with E-state index in [9.17, 15) is 18.0 Å². The second kappa shape index (κ2) is 14.2. The number of sulfonamides is 1. The van der Waals surface area contributed by atoms with Gasteiger partial charge in [-0.2, -0.15) is 0 Å². The van der Waals surface area contributed by atoms with Crippen LogP contribution in [0.4, 0.5) is 5.69 Å². The monoisotopic (exact) mass is 609 g/mol. The molecule has 0 saturated heterocycles. The number of amides is 2. The number of nitrogens with zero attached hydrogens (tertiary/aromatic N) is 2. The Hall–Kier alpha value is -3.36. The Labute approximate surface area is 254 Å². The van der Waals surface area contributed by atoms with Crippen LogP contribution in [0.3, 0.4) is 0 Å². The predicted molar refractivity (Wildman–Crippen MR) is 169 cm³/mol. The van der Waals surface area contributed by atoms with Crippen LogP contribution in [0.2, 0.25) is 5.02 Å². The quantitative estimate of drug-likeness (QED) is 0.276. The van der Waals surface area contributed by atoms with Crippen molar-refractivity contribution in [3.05, 3.63) is 101 Å². The molecule has 4 rings (SSSR count). The summed E-state index contributed by atoms with van der Waals surface area (Å²) >= 11 is 6.28. The molecule has 0 aliphatic heterocycles. The summed E-state index contributed by atoms with van der Waals surface area (Å²) in [7, 11) is -3.82. The molecule has 2 amide bonds. The van der Waals surface area contributed by atoms with Crippen LogP contribution in [0, 0.1) is 0 Å². The first-order valence-electron chi connectivity index (χ1n) is 14.5. The number of rotatable bonds is 12. The van der Waals surface area contributed by atoms with Crippen LogP contribution < -0.4 is 9.62 Å². The van der Waals surface area contributed by atoms with Gasteiger partial charge in [-0.1, -0.05) is 92.9 Å². The van der Waals surface area contributed by atoms with E-state index < -0.39 is 28.5 Å². The van der Waals surface area contributed by atoms with Crippen molar-refractivity contribution in [2.75, 3.05) is 17.1 Å². The van der Waals surface area contributed by atoms with E-state index in [1.165, 1.54) is 4.90 Å². The van der Waals surface area contributed by atoms with Gasteiger partial charge < -0.3 is 10.2 Å². The molecular formula is C33H40ClN3O4S. The summed E-state index contributed by atoms with van der Waals surface area (Å²) in [5.74, 6) is -0.443. The molecular weight excluding hydrogens is 570 g/mol. The van der Waals surface area contributed by atoms with Gasteiger partial charge in [-0.3, -0.25) is 13.9 Å². The molecule has 1 aliphatic carbocycles. The van der Waals surface area contributed by atoms with Crippen molar-refractivity contribution in [2.45, 2.75) is 70.5 Å². The average Bonchev–Trinajstić information content (AvgIpc) is 3.46. The zero-order valence-electron chi connectivity index (χ0n) is 24.5. The molecule has 1 unspecified atom stereocenters. The number of halogens is 1. The maximum absolute atomic E-state index is 14.2. The largest absolute Gasteiger partial charge is 0.352 e. The highest BCUT2D eigenvalue weighted by molar-refractivity contribution is 7.92. The van der Waals surface area contributed by atoms with E-state index in [-0.39, 0.29) is 30.8 Å². The Morgan fingerprint density at radius 1 is 0.929 bits per heavy atom. The Kier molecular flexibility index (Phi) is 10.7. The van der Waals surface area contributed by atoms with E-state index in [0.29, 0.717) is 10.7 Å². The summed E-state index contributed by atoms with van der Waals surface area (Å²) in [5.41, 5.74) is 3.10. The molecule has 7 nitrogen and oxygen atoms in total. The molecule has 0 bridgehead atoms. The number of carbonyl (C=O) groups excluding carboxylic acids is 2. The molecule has 0 heterocycles. The van der Waals surface area contributed by atoms with Crippen molar-refractivity contribution < 1.29 is 18.0 Å². The van der Waals surface area contributed by atoms with E-state index in [0.717, 1.165) is 52.9 Å². The maximum atomic E-state index is 14.2. The summed E-state index contributed by atoms with van der Waals surface area (Å²) < 4.78 is 27.1. The molecule has 0 radical (unpaired) electrons. The second-order valence-electron chi connectivity index (χ2n) is 11.4. The van der Waals surface area contributed by atoms with Crippen molar-refractivity contribution in [3.8, 4) is 0 Å². The Morgan fingerprint density at radius 2 is 1.57 bits per heavy atom. The van der Waals surface area contributed by atoms with Crippen LogP contribution in [0.25, 0.3) is 0 Å². The molecule has 1 N–H and O–H groups in total. The van der Waals surface area contributed by atoms with Gasteiger partial charge in [-0.15, -0.1) is 0 Å². The fourth-order valence-corrected chi connectivity index (χ4v) is 6.46. The number of nitrogens with one attached hydrogen (secondary N) is 1. The van der Waals surface area contributed by atoms with Crippen LogP contribution >= 0.6 is 11.6 Å². The number of hydrogen-bond acceptors (Lipinski definition) is 4. The minimum absolute atomic E-state index is 0.0610. The topological polar surface area (TPSA) is 86.8 Å². The molecule has 42 heavy (non-hydrogen) atoms. The van der Waals surface area contributed by atoms with E-state index in [1.807, 2.05) is 48.5 Å². The molecule has 0 aromatic heterocycles. The van der Waals surface area contributed by atoms with E-state index in [4.69, 9.17) is 11.6 Å². The third-order valence-corrected chi connectivity index (χ3v) is 9.12. The summed E-state index contributed by atoms with van der Waals surface area (Å²) in [4.78, 5) is 29.6. The smallest absolute Gasteiger partial charge is 0.244 e. The molecule has 0 spiro atoms. The highest BCUT2D eigenvalue weighted by Gasteiger charge is 2.34. The summed E-state index contributed by atoms with van der Waals surface area (Å²) in [6.07, 6.45) is 5.29. The number of carbonyl (C=O) groups is 2. The molecule has 1 atom stereocenters. The molecule has 3 aromatic rings. The third kappa shape index (κ3) is 8.58. The van der Waals surface area contributed by atoms with E-state index >= 15 is 0 Å². The number of anilines is 1. The van der Waals surface area contributed by atoms with Crippen LogP contribution in [-0.2, 0) is 32.6 Å². The van der Waals surface area contributed by atoms with Crippen LogP contribution in [-0.4, -0.2) is 50.0 Å². The average molecular weight is 610 g/mol. The van der Waals surface area contributed by atoms with Gasteiger partial charge in [0.2, 0.25) is 21.8 Å². The summed E-state index contributed by atoms with van der Waals surface area (Å²) in [6, 6.07) is 23.1. The fourth-order valence-electron chi connectivity index (χ4n) is 5.39. The molecule has 224 valence electrons. The van der Waals surface area contributed by atoms with Crippen molar-refractivity contribution in [2.24, 2.45) is 0 Å². The predicted octanol–water partition coefficient (Wildman–Crippen LogP) is 5.93. The number of hydrogen-bond donors (Lipinski definition) is 1. The SMILES string of the molecule is CC(C)c1ccc(N(CC(=O)N(Cc2cccc(Cl)c2)C(Cc2ccccc2)C(=O)NC2CCCC2)S(C)(=O)=O)cc1. The van der Waals surface area contributed by atoms with Crippen LogP contribution in [0.1, 0.15) is 62.1 Å². The summed E-state index contributed by atoms with van der Waals surface area (Å²) in [6.45, 7) is 3.77. The lowest BCUT2D eigenvalue weighted by molar-refractivity contribution is -0.140. The zero-order valence-corrected chi connectivity index (χ0v) is 26.1. The highest BCUT2D eigenvalue weighted by atomic mass is 35.5. The van der Waals surface area contributed by atoms with Crippen molar-refractivity contribution in [1.29, 1.82) is 0 Å². The van der Waals surface area contributed by atoms with E-state index in [1.54, 1.807) is 30.3 Å². The van der Waals surface area contributed by atoms with Gasteiger partial charge in [0.1, 0.15) is 12.6 Å². The van der Waals surface area contributed by atoms with Gasteiger partial charge in [0.05, 0.1) is 11.9 Å². The van der Waals surface area contributed by atoms with Crippen LogP contribution in [0.5, 0.6) is 0 Å². The van der Waals surface area contributed by atoms with Gasteiger partial charge in [-0.25, -0.2) is 8.42 Å². The molecule has 9 heteroatoms. The maximum Gasteiger partial charge on any atom is 0.244 e. The van der Waals surface area contributed by atoms with Crippen molar-refractivity contribution >= 4 is 39.1 Å². The first-order valence-corrected chi connectivity index (χ1v) is 16.7. The van der Waals surface area contributed by atoms with Gasteiger partial charge in [0.25, 0.3) is 0 Å². The van der Waals surface area contributed by atoms with Gasteiger partial charge >= 0.3 is 0 Å². The van der Waals surface area contributed by atoms with Crippen LogP contribution in [0.15, 0.2) is 78.9 Å². The minimum Gasteiger partial charge on any atom is -0.352 e. The van der Waals surface area contributed by atoms with E-state index in [2.05, 4.69) is 19.2 Å². The first kappa shape index (κ1) is 31.6. The Bertz CT molecular complexity index is 1460. The van der Waals surface area contributed by atoms with Gasteiger partial charge in [-0.05, 0) is 59.7 Å². The second-order valence-corrected chi connectivity index (χ2v) is 13.7. The minimum atomic E-state index is -3.82.